The predicted octanol–water partition coefficient (Wildman–Crippen LogP) is 4.93. The monoisotopic (exact) mass is 414 g/mol. The van der Waals surface area contributed by atoms with Gasteiger partial charge in [-0.3, -0.25) is 14.6 Å². The van der Waals surface area contributed by atoms with Gasteiger partial charge in [-0.1, -0.05) is 24.3 Å². The molecule has 1 saturated heterocycles. The fourth-order valence-corrected chi connectivity index (χ4v) is 3.90. The van der Waals surface area contributed by atoms with Gasteiger partial charge in [0.1, 0.15) is 11.5 Å². The van der Waals surface area contributed by atoms with E-state index in [9.17, 15) is 9.59 Å². The van der Waals surface area contributed by atoms with Crippen LogP contribution in [0.4, 0.5) is 0 Å². The molecular formula is C26H26N2O3. The highest BCUT2D eigenvalue weighted by Crippen LogP contribution is 2.25. The van der Waals surface area contributed by atoms with E-state index in [-0.39, 0.29) is 17.6 Å². The van der Waals surface area contributed by atoms with Gasteiger partial charge in [-0.15, -0.1) is 0 Å². The molecule has 1 atom stereocenters. The van der Waals surface area contributed by atoms with E-state index in [1.165, 1.54) is 0 Å². The molecule has 0 unspecified atom stereocenters. The van der Waals surface area contributed by atoms with Crippen LogP contribution >= 0.6 is 0 Å². The largest absolute Gasteiger partial charge is 0.457 e. The Kier molecular flexibility index (Phi) is 6.72. The first-order valence-electron chi connectivity index (χ1n) is 10.7. The van der Waals surface area contributed by atoms with Crippen LogP contribution in [0.15, 0.2) is 79.0 Å². The molecule has 2 heterocycles. The van der Waals surface area contributed by atoms with Gasteiger partial charge in [-0.05, 0) is 67.8 Å². The molecule has 0 aliphatic carbocycles. The number of nitrogens with zero attached hydrogens (tertiary/aromatic N) is 2. The van der Waals surface area contributed by atoms with Gasteiger partial charge in [0.25, 0.3) is 0 Å². The fraction of sp³-hybridized carbons (Fsp3) is 0.269. The Morgan fingerprint density at radius 1 is 0.935 bits per heavy atom. The zero-order valence-corrected chi connectivity index (χ0v) is 17.4. The van der Waals surface area contributed by atoms with Gasteiger partial charge < -0.3 is 9.64 Å². The number of rotatable bonds is 7. The molecule has 1 fully saturated rings. The minimum absolute atomic E-state index is 0.0912. The molecule has 0 bridgehead atoms. The molecule has 31 heavy (non-hydrogen) atoms. The van der Waals surface area contributed by atoms with Crippen LogP contribution in [0.1, 0.15) is 35.3 Å². The number of amides is 1. The summed E-state index contributed by atoms with van der Waals surface area (Å²) < 4.78 is 5.80. The number of Topliss-reactive ketones (excluding diaryl/α,β-unsaturated/α-hetero) is 1. The van der Waals surface area contributed by atoms with Crippen molar-refractivity contribution in [3.63, 3.8) is 0 Å². The number of ketones is 1. The van der Waals surface area contributed by atoms with Crippen molar-refractivity contribution in [1.29, 1.82) is 0 Å². The minimum atomic E-state index is -0.159. The maximum atomic E-state index is 13.0. The van der Waals surface area contributed by atoms with Crippen molar-refractivity contribution in [2.45, 2.75) is 25.7 Å². The smallest absolute Gasteiger partial charge is 0.222 e. The lowest BCUT2D eigenvalue weighted by Crippen LogP contribution is -2.42. The van der Waals surface area contributed by atoms with Crippen LogP contribution in [0.2, 0.25) is 0 Å². The predicted molar refractivity (Wildman–Crippen MR) is 119 cm³/mol. The van der Waals surface area contributed by atoms with Gasteiger partial charge in [-0.2, -0.15) is 0 Å². The number of aromatic nitrogens is 1. The Morgan fingerprint density at radius 2 is 1.68 bits per heavy atom. The second-order valence-corrected chi connectivity index (χ2v) is 7.80. The van der Waals surface area contributed by atoms with E-state index in [4.69, 9.17) is 4.74 Å². The molecule has 3 aromatic rings. The number of aryl methyl sites for hydroxylation is 1. The normalized spacial score (nSPS) is 16.0. The Hall–Kier alpha value is -3.47. The van der Waals surface area contributed by atoms with E-state index in [1.54, 1.807) is 6.20 Å². The molecule has 5 heteroatoms. The van der Waals surface area contributed by atoms with Gasteiger partial charge in [0.05, 0.1) is 0 Å². The molecule has 0 N–H and O–H groups in total. The quantitative estimate of drug-likeness (QED) is 0.515. The van der Waals surface area contributed by atoms with Crippen LogP contribution in [-0.2, 0) is 11.2 Å². The lowest BCUT2D eigenvalue weighted by atomic mass is 9.89. The van der Waals surface area contributed by atoms with Crippen molar-refractivity contribution in [1.82, 2.24) is 9.88 Å². The Bertz CT molecular complexity index is 1000. The third-order valence-electron chi connectivity index (χ3n) is 5.58. The number of benzene rings is 2. The Balaban J connectivity index is 1.33. The Morgan fingerprint density at radius 3 is 2.42 bits per heavy atom. The first-order valence-corrected chi connectivity index (χ1v) is 10.7. The molecule has 158 valence electrons. The third kappa shape index (κ3) is 5.57. The van der Waals surface area contributed by atoms with E-state index in [1.807, 2.05) is 77.7 Å². The number of hydrogen-bond acceptors (Lipinski definition) is 4. The highest BCUT2D eigenvalue weighted by molar-refractivity contribution is 5.98. The molecule has 0 spiro atoms. The van der Waals surface area contributed by atoms with Crippen LogP contribution in [0, 0.1) is 5.92 Å². The topological polar surface area (TPSA) is 59.5 Å². The van der Waals surface area contributed by atoms with E-state index in [0.29, 0.717) is 37.2 Å². The van der Waals surface area contributed by atoms with Gasteiger partial charge in [0.2, 0.25) is 5.91 Å². The molecule has 0 saturated carbocycles. The minimum Gasteiger partial charge on any atom is -0.457 e. The molecule has 0 radical (unpaired) electrons. The maximum Gasteiger partial charge on any atom is 0.222 e. The summed E-state index contributed by atoms with van der Waals surface area (Å²) in [7, 11) is 0. The number of para-hydroxylation sites is 1. The fourth-order valence-electron chi connectivity index (χ4n) is 3.90. The second-order valence-electron chi connectivity index (χ2n) is 7.80. The molecule has 1 aromatic heterocycles. The van der Waals surface area contributed by atoms with Gasteiger partial charge >= 0.3 is 0 Å². The van der Waals surface area contributed by atoms with Crippen molar-refractivity contribution in [2.24, 2.45) is 5.92 Å². The van der Waals surface area contributed by atoms with E-state index in [2.05, 4.69) is 4.98 Å². The second kappa shape index (κ2) is 10.0. The van der Waals surface area contributed by atoms with Crippen molar-refractivity contribution >= 4 is 11.7 Å². The zero-order valence-electron chi connectivity index (χ0n) is 17.4. The van der Waals surface area contributed by atoms with Crippen molar-refractivity contribution in [3.05, 3.63) is 90.3 Å². The average molecular weight is 415 g/mol. The van der Waals surface area contributed by atoms with E-state index < -0.39 is 0 Å². The number of piperidine rings is 1. The molecule has 5 nitrogen and oxygen atoms in total. The van der Waals surface area contributed by atoms with Crippen molar-refractivity contribution < 1.29 is 14.3 Å². The number of pyridine rings is 1. The molecule has 2 aromatic carbocycles. The highest BCUT2D eigenvalue weighted by atomic mass is 16.5. The molecule has 1 amide bonds. The molecule has 4 rings (SSSR count). The average Bonchev–Trinajstić information content (AvgIpc) is 2.84. The van der Waals surface area contributed by atoms with Crippen molar-refractivity contribution in [2.75, 3.05) is 13.1 Å². The van der Waals surface area contributed by atoms with Crippen LogP contribution in [0.25, 0.3) is 0 Å². The summed E-state index contributed by atoms with van der Waals surface area (Å²) in [5.41, 5.74) is 1.58. The van der Waals surface area contributed by atoms with Crippen LogP contribution in [-0.4, -0.2) is 34.7 Å². The third-order valence-corrected chi connectivity index (χ3v) is 5.58. The maximum absolute atomic E-state index is 13.0. The summed E-state index contributed by atoms with van der Waals surface area (Å²) in [6.45, 7) is 1.21. The van der Waals surface area contributed by atoms with Crippen molar-refractivity contribution in [3.8, 4) is 11.5 Å². The summed E-state index contributed by atoms with van der Waals surface area (Å²) >= 11 is 0. The van der Waals surface area contributed by atoms with Crippen LogP contribution < -0.4 is 4.74 Å². The zero-order chi connectivity index (χ0) is 21.5. The van der Waals surface area contributed by atoms with Gasteiger partial charge in [0.15, 0.2) is 5.78 Å². The summed E-state index contributed by atoms with van der Waals surface area (Å²) in [5.74, 6) is 1.48. The first-order chi connectivity index (χ1) is 15.2. The molecule has 1 aliphatic heterocycles. The standard InChI is InChI=1S/C26H26N2O3/c29-25(16-13-22-8-4-5-17-27-22)28-18-6-7-21(19-28)26(30)20-11-14-24(15-12-20)31-23-9-2-1-3-10-23/h1-5,8-12,14-15,17,21H,6-7,13,16,18-19H2/t21-/m1/s1. The van der Waals surface area contributed by atoms with Gasteiger partial charge in [0, 0.05) is 42.9 Å². The number of carbonyl (C=O) groups is 2. The summed E-state index contributed by atoms with van der Waals surface area (Å²) in [4.78, 5) is 31.8. The Labute approximate surface area is 182 Å². The van der Waals surface area contributed by atoms with Crippen LogP contribution in [0.3, 0.4) is 0 Å². The number of carbonyl (C=O) groups excluding carboxylic acids is 2. The lowest BCUT2D eigenvalue weighted by Gasteiger charge is -2.32. The molecular weight excluding hydrogens is 388 g/mol. The van der Waals surface area contributed by atoms with E-state index >= 15 is 0 Å². The van der Waals surface area contributed by atoms with Crippen LogP contribution in [0.5, 0.6) is 11.5 Å². The number of hydrogen-bond donors (Lipinski definition) is 0. The number of likely N-dealkylation sites (tertiary alicyclic amines) is 1. The van der Waals surface area contributed by atoms with Gasteiger partial charge in [-0.25, -0.2) is 0 Å². The number of ether oxygens (including phenoxy) is 1. The summed E-state index contributed by atoms with van der Waals surface area (Å²) in [5, 5.41) is 0. The lowest BCUT2D eigenvalue weighted by molar-refractivity contribution is -0.132. The summed E-state index contributed by atoms with van der Waals surface area (Å²) in [6, 6.07) is 22.5. The van der Waals surface area contributed by atoms with E-state index in [0.717, 1.165) is 24.3 Å². The molecule has 1 aliphatic rings. The SMILES string of the molecule is O=C(c1ccc(Oc2ccccc2)cc1)[C@@H]1CCCN(C(=O)CCc2ccccn2)C1. The highest BCUT2D eigenvalue weighted by Gasteiger charge is 2.28. The summed E-state index contributed by atoms with van der Waals surface area (Å²) in [6.07, 6.45) is 4.44. The first kappa shape index (κ1) is 20.8.